The molecule has 1 N–H and O–H groups in total. The Morgan fingerprint density at radius 2 is 2.29 bits per heavy atom. The number of oxazole rings is 1. The Hall–Kier alpha value is -2.31. The van der Waals surface area contributed by atoms with E-state index >= 15 is 0 Å². The first-order chi connectivity index (χ1) is 11.6. The second kappa shape index (κ2) is 7.07. The Morgan fingerprint density at radius 1 is 1.46 bits per heavy atom. The van der Waals surface area contributed by atoms with Gasteiger partial charge in [-0.25, -0.2) is 9.97 Å². The summed E-state index contributed by atoms with van der Waals surface area (Å²) < 4.78 is 7.83. The van der Waals surface area contributed by atoms with Gasteiger partial charge in [-0.05, 0) is 26.2 Å². The van der Waals surface area contributed by atoms with Crippen molar-refractivity contribution in [2.24, 2.45) is 10.9 Å². The number of guanidine groups is 1. The number of piperidine rings is 1. The molecule has 1 aliphatic heterocycles. The van der Waals surface area contributed by atoms with Gasteiger partial charge in [-0.1, -0.05) is 6.92 Å². The molecule has 1 saturated heterocycles. The minimum Gasteiger partial charge on any atom is -0.444 e. The molecule has 0 aliphatic carbocycles. The molecule has 130 valence electrons. The SMILES string of the molecule is CN=C(NCc1nc(C)c(C)o1)N1CCC(C)C(n2ccnc2)C1. The first-order valence-corrected chi connectivity index (χ1v) is 8.44. The maximum absolute atomic E-state index is 5.63. The maximum atomic E-state index is 5.63. The highest BCUT2D eigenvalue weighted by atomic mass is 16.4. The summed E-state index contributed by atoms with van der Waals surface area (Å²) >= 11 is 0. The molecule has 1 aliphatic rings. The topological polar surface area (TPSA) is 71.5 Å². The van der Waals surface area contributed by atoms with Crippen LogP contribution in [0.4, 0.5) is 0 Å². The van der Waals surface area contributed by atoms with E-state index in [4.69, 9.17) is 4.42 Å². The highest BCUT2D eigenvalue weighted by Gasteiger charge is 2.28. The van der Waals surface area contributed by atoms with Gasteiger partial charge < -0.3 is 19.2 Å². The van der Waals surface area contributed by atoms with Crippen molar-refractivity contribution >= 4 is 5.96 Å². The van der Waals surface area contributed by atoms with Gasteiger partial charge in [0.15, 0.2) is 5.96 Å². The molecule has 2 atom stereocenters. The first-order valence-electron chi connectivity index (χ1n) is 8.44. The molecule has 7 nitrogen and oxygen atoms in total. The number of nitrogens with one attached hydrogen (secondary N) is 1. The fourth-order valence-corrected chi connectivity index (χ4v) is 3.20. The molecule has 0 spiro atoms. The number of aryl methyl sites for hydroxylation is 2. The number of hydrogen-bond acceptors (Lipinski definition) is 4. The van der Waals surface area contributed by atoms with E-state index in [2.05, 4.69) is 36.7 Å². The summed E-state index contributed by atoms with van der Waals surface area (Å²) in [5, 5.41) is 3.37. The third-order valence-corrected chi connectivity index (χ3v) is 4.81. The second-order valence-corrected chi connectivity index (χ2v) is 6.44. The Labute approximate surface area is 142 Å². The quantitative estimate of drug-likeness (QED) is 0.690. The standard InChI is InChI=1S/C17H26N6O/c1-12-5-7-22(10-15(12)23-8-6-19-11-23)17(18-4)20-9-16-21-13(2)14(3)24-16/h6,8,11-12,15H,5,7,9-10H2,1-4H3,(H,18,20). The van der Waals surface area contributed by atoms with Crippen LogP contribution in [0.15, 0.2) is 28.1 Å². The van der Waals surface area contributed by atoms with Crippen LogP contribution in [0.3, 0.4) is 0 Å². The molecule has 2 aromatic heterocycles. The fourth-order valence-electron chi connectivity index (χ4n) is 3.20. The smallest absolute Gasteiger partial charge is 0.214 e. The summed E-state index contributed by atoms with van der Waals surface area (Å²) in [5.41, 5.74) is 0.939. The number of aromatic nitrogens is 3. The van der Waals surface area contributed by atoms with Gasteiger partial charge >= 0.3 is 0 Å². The fraction of sp³-hybridized carbons (Fsp3) is 0.588. The number of hydrogen-bond donors (Lipinski definition) is 1. The number of rotatable bonds is 3. The largest absolute Gasteiger partial charge is 0.444 e. The van der Waals surface area contributed by atoms with Gasteiger partial charge in [0.1, 0.15) is 5.76 Å². The Morgan fingerprint density at radius 3 is 2.92 bits per heavy atom. The van der Waals surface area contributed by atoms with Crippen LogP contribution in [0.25, 0.3) is 0 Å². The van der Waals surface area contributed by atoms with E-state index in [1.807, 2.05) is 39.6 Å². The Kier molecular flexibility index (Phi) is 4.87. The second-order valence-electron chi connectivity index (χ2n) is 6.44. The molecule has 0 bridgehead atoms. The summed E-state index contributed by atoms with van der Waals surface area (Å²) in [4.78, 5) is 15.3. The lowest BCUT2D eigenvalue weighted by Gasteiger charge is -2.39. The van der Waals surface area contributed by atoms with Crippen molar-refractivity contribution < 1.29 is 4.42 Å². The third kappa shape index (κ3) is 3.44. The van der Waals surface area contributed by atoms with Crippen molar-refractivity contribution in [1.82, 2.24) is 24.8 Å². The van der Waals surface area contributed by atoms with Crippen LogP contribution in [-0.4, -0.2) is 45.5 Å². The average molecular weight is 330 g/mol. The van der Waals surface area contributed by atoms with Gasteiger partial charge in [0.05, 0.1) is 24.6 Å². The predicted octanol–water partition coefficient (Wildman–Crippen LogP) is 2.15. The molecule has 24 heavy (non-hydrogen) atoms. The number of imidazole rings is 1. The van der Waals surface area contributed by atoms with E-state index in [1.54, 1.807) is 0 Å². The highest BCUT2D eigenvalue weighted by molar-refractivity contribution is 5.79. The highest BCUT2D eigenvalue weighted by Crippen LogP contribution is 2.27. The lowest BCUT2D eigenvalue weighted by atomic mass is 9.93. The van der Waals surface area contributed by atoms with Crippen molar-refractivity contribution in [2.45, 2.75) is 39.8 Å². The van der Waals surface area contributed by atoms with Crippen molar-refractivity contribution in [1.29, 1.82) is 0 Å². The van der Waals surface area contributed by atoms with E-state index in [-0.39, 0.29) is 0 Å². The van der Waals surface area contributed by atoms with Gasteiger partial charge in [0.2, 0.25) is 5.89 Å². The van der Waals surface area contributed by atoms with E-state index in [0.717, 1.165) is 36.9 Å². The predicted molar refractivity (Wildman–Crippen MR) is 92.8 cm³/mol. The molecule has 7 heteroatoms. The molecule has 1 fully saturated rings. The zero-order valence-electron chi connectivity index (χ0n) is 14.9. The molecular formula is C17H26N6O. The first kappa shape index (κ1) is 16.5. The van der Waals surface area contributed by atoms with Crippen molar-refractivity contribution in [2.75, 3.05) is 20.1 Å². The molecule has 0 radical (unpaired) electrons. The number of aliphatic imine (C=N–C) groups is 1. The molecule has 3 rings (SSSR count). The van der Waals surface area contributed by atoms with E-state index in [1.165, 1.54) is 0 Å². The molecule has 2 aromatic rings. The van der Waals surface area contributed by atoms with Gasteiger partial charge in [-0.2, -0.15) is 0 Å². The van der Waals surface area contributed by atoms with Crippen LogP contribution in [0.5, 0.6) is 0 Å². The third-order valence-electron chi connectivity index (χ3n) is 4.81. The summed E-state index contributed by atoms with van der Waals surface area (Å²) in [6.45, 7) is 8.65. The molecule has 0 amide bonds. The number of likely N-dealkylation sites (tertiary alicyclic amines) is 1. The minimum absolute atomic E-state index is 0.408. The van der Waals surface area contributed by atoms with Crippen LogP contribution < -0.4 is 5.32 Å². The van der Waals surface area contributed by atoms with Crippen LogP contribution in [0, 0.1) is 19.8 Å². The van der Waals surface area contributed by atoms with Gasteiger partial charge in [0, 0.05) is 32.5 Å². The Balaban J connectivity index is 1.65. The van der Waals surface area contributed by atoms with Crippen molar-refractivity contribution in [3.05, 3.63) is 36.1 Å². The monoisotopic (exact) mass is 330 g/mol. The van der Waals surface area contributed by atoms with Crippen LogP contribution >= 0.6 is 0 Å². The molecular weight excluding hydrogens is 304 g/mol. The van der Waals surface area contributed by atoms with Gasteiger partial charge in [0.25, 0.3) is 0 Å². The Bertz CT molecular complexity index is 671. The molecule has 2 unspecified atom stereocenters. The lowest BCUT2D eigenvalue weighted by molar-refractivity contribution is 0.188. The van der Waals surface area contributed by atoms with Gasteiger partial charge in [-0.15, -0.1) is 0 Å². The summed E-state index contributed by atoms with van der Waals surface area (Å²) in [6, 6.07) is 0.408. The number of nitrogens with zero attached hydrogens (tertiary/aromatic N) is 5. The maximum Gasteiger partial charge on any atom is 0.214 e. The van der Waals surface area contributed by atoms with Gasteiger partial charge in [-0.3, -0.25) is 4.99 Å². The lowest BCUT2D eigenvalue weighted by Crippen LogP contribution is -2.48. The molecule has 0 saturated carbocycles. The summed E-state index contributed by atoms with van der Waals surface area (Å²) in [5.74, 6) is 3.07. The average Bonchev–Trinajstić information content (AvgIpc) is 3.20. The van der Waals surface area contributed by atoms with Crippen LogP contribution in [0.2, 0.25) is 0 Å². The van der Waals surface area contributed by atoms with E-state index in [0.29, 0.717) is 24.4 Å². The van der Waals surface area contributed by atoms with E-state index < -0.39 is 0 Å². The van der Waals surface area contributed by atoms with E-state index in [9.17, 15) is 0 Å². The molecule has 0 aromatic carbocycles. The summed E-state index contributed by atoms with van der Waals surface area (Å²) in [6.07, 6.45) is 6.91. The van der Waals surface area contributed by atoms with Crippen LogP contribution in [0.1, 0.15) is 36.7 Å². The van der Waals surface area contributed by atoms with Crippen molar-refractivity contribution in [3.8, 4) is 0 Å². The summed E-state index contributed by atoms with van der Waals surface area (Å²) in [7, 11) is 1.82. The minimum atomic E-state index is 0.408. The normalized spacial score (nSPS) is 22.0. The van der Waals surface area contributed by atoms with Crippen molar-refractivity contribution in [3.63, 3.8) is 0 Å². The molecule has 3 heterocycles. The zero-order valence-corrected chi connectivity index (χ0v) is 14.9. The van der Waals surface area contributed by atoms with Crippen LogP contribution in [-0.2, 0) is 6.54 Å². The zero-order chi connectivity index (χ0) is 17.1.